The van der Waals surface area contributed by atoms with E-state index in [0.29, 0.717) is 6.79 Å². The molecule has 3 aliphatic rings. The molecule has 1 aliphatic carbocycles. The van der Waals surface area contributed by atoms with Crippen LogP contribution in [0.25, 0.3) is 0 Å². The predicted octanol–water partition coefficient (Wildman–Crippen LogP) is 2.83. The first kappa shape index (κ1) is 21.6. The minimum atomic E-state index is 0.293. The first-order valence-corrected chi connectivity index (χ1v) is 12.5. The summed E-state index contributed by atoms with van der Waals surface area (Å²) in [5.74, 6) is 4.54. The Hall–Kier alpha value is -1.64. The molecule has 2 aliphatic heterocycles. The summed E-state index contributed by atoms with van der Waals surface area (Å²) >= 11 is 1.86. The number of aliphatic imine (C=N–C) groups is 1. The number of benzene rings is 1. The Morgan fingerprint density at radius 2 is 1.87 bits per heavy atom. The largest absolute Gasteiger partial charge is 0.454 e. The summed E-state index contributed by atoms with van der Waals surface area (Å²) in [6.45, 7) is 6.08. The number of ether oxygens (including phenoxy) is 2. The van der Waals surface area contributed by atoms with Gasteiger partial charge < -0.3 is 25.4 Å². The molecular formula is C22H35N5O2S. The summed E-state index contributed by atoms with van der Waals surface area (Å²) in [4.78, 5) is 10.0. The molecule has 166 valence electrons. The Morgan fingerprint density at radius 1 is 1.07 bits per heavy atom. The zero-order valence-corrected chi connectivity index (χ0v) is 18.7. The van der Waals surface area contributed by atoms with Gasteiger partial charge in [-0.05, 0) is 25.0 Å². The summed E-state index contributed by atoms with van der Waals surface area (Å²) < 4.78 is 11.0. The van der Waals surface area contributed by atoms with Gasteiger partial charge in [-0.3, -0.25) is 9.89 Å². The van der Waals surface area contributed by atoms with Crippen LogP contribution >= 0.6 is 11.8 Å². The Labute approximate surface area is 184 Å². The molecule has 0 radical (unpaired) electrons. The summed E-state index contributed by atoms with van der Waals surface area (Å²) in [6.07, 6.45) is 6.94. The van der Waals surface area contributed by atoms with Crippen LogP contribution in [0.3, 0.4) is 0 Å². The molecule has 2 heterocycles. The Kier molecular flexibility index (Phi) is 8.00. The van der Waals surface area contributed by atoms with Gasteiger partial charge >= 0.3 is 0 Å². The topological polar surface area (TPSA) is 75.3 Å². The second kappa shape index (κ2) is 11.1. The smallest absolute Gasteiger partial charge is 0.231 e. The molecule has 3 N–H and O–H groups in total. The van der Waals surface area contributed by atoms with E-state index >= 15 is 0 Å². The van der Waals surface area contributed by atoms with Gasteiger partial charge in [0.1, 0.15) is 0 Å². The van der Waals surface area contributed by atoms with Crippen molar-refractivity contribution >= 4 is 23.4 Å². The van der Waals surface area contributed by atoms with Gasteiger partial charge in [-0.15, -0.1) is 0 Å². The van der Waals surface area contributed by atoms with E-state index in [9.17, 15) is 0 Å². The molecule has 30 heavy (non-hydrogen) atoms. The Bertz CT molecular complexity index is 703. The van der Waals surface area contributed by atoms with Crippen molar-refractivity contribution in [1.29, 1.82) is 0 Å². The summed E-state index contributed by atoms with van der Waals surface area (Å²) in [5, 5.41) is 3.55. The molecule has 1 aromatic rings. The van der Waals surface area contributed by atoms with E-state index in [-0.39, 0.29) is 0 Å². The summed E-state index contributed by atoms with van der Waals surface area (Å²) in [6, 6.07) is 6.78. The van der Waals surface area contributed by atoms with Crippen LogP contribution in [0.5, 0.6) is 11.5 Å². The first-order chi connectivity index (χ1) is 14.8. The fourth-order valence-corrected chi connectivity index (χ4v) is 5.06. The average molecular weight is 434 g/mol. The van der Waals surface area contributed by atoms with Crippen LogP contribution in [0.15, 0.2) is 23.2 Å². The number of anilines is 1. The van der Waals surface area contributed by atoms with E-state index < -0.39 is 0 Å². The minimum Gasteiger partial charge on any atom is -0.454 e. The van der Waals surface area contributed by atoms with Gasteiger partial charge in [-0.2, -0.15) is 11.8 Å². The van der Waals surface area contributed by atoms with Crippen molar-refractivity contribution in [3.63, 3.8) is 0 Å². The average Bonchev–Trinajstić information content (AvgIpc) is 3.27. The van der Waals surface area contributed by atoms with E-state index in [0.717, 1.165) is 80.0 Å². The second-order valence-corrected chi connectivity index (χ2v) is 9.34. The maximum atomic E-state index is 5.60. The monoisotopic (exact) mass is 433 g/mol. The number of thioether (sulfide) groups is 1. The van der Waals surface area contributed by atoms with Crippen molar-refractivity contribution < 1.29 is 9.47 Å². The van der Waals surface area contributed by atoms with Gasteiger partial charge in [0.15, 0.2) is 17.5 Å². The van der Waals surface area contributed by atoms with Gasteiger partial charge in [-0.25, -0.2) is 0 Å². The van der Waals surface area contributed by atoms with E-state index in [4.69, 9.17) is 20.2 Å². The number of fused-ring (bicyclic) bond motifs is 1. The Balaban J connectivity index is 1.38. The maximum Gasteiger partial charge on any atom is 0.231 e. The molecule has 0 atom stereocenters. The van der Waals surface area contributed by atoms with E-state index in [1.165, 1.54) is 32.1 Å². The highest BCUT2D eigenvalue weighted by Gasteiger charge is 2.26. The summed E-state index contributed by atoms with van der Waals surface area (Å²) in [7, 11) is 0. The number of rotatable bonds is 7. The quantitative estimate of drug-likeness (QED) is 0.389. The lowest BCUT2D eigenvalue weighted by Gasteiger charge is -2.41. The summed E-state index contributed by atoms with van der Waals surface area (Å²) in [5.41, 5.74) is 6.59. The predicted molar refractivity (Wildman–Crippen MR) is 125 cm³/mol. The van der Waals surface area contributed by atoms with Crippen molar-refractivity contribution in [2.24, 2.45) is 10.7 Å². The Morgan fingerprint density at radius 3 is 2.67 bits per heavy atom. The molecule has 0 spiro atoms. The van der Waals surface area contributed by atoms with Crippen LogP contribution in [0, 0.1) is 0 Å². The number of nitrogens with one attached hydrogen (secondary N) is 1. The van der Waals surface area contributed by atoms with Gasteiger partial charge in [0.2, 0.25) is 6.79 Å². The highest BCUT2D eigenvalue weighted by atomic mass is 32.2. The van der Waals surface area contributed by atoms with E-state index in [2.05, 4.69) is 15.1 Å². The number of hydrogen-bond acceptors (Lipinski definition) is 6. The molecule has 0 aromatic heterocycles. The number of piperazine rings is 1. The number of nitrogens with two attached hydrogens (primary N) is 1. The third-order valence-electron chi connectivity index (χ3n) is 6.09. The maximum absolute atomic E-state index is 5.60. The van der Waals surface area contributed by atoms with Gasteiger partial charge in [0.05, 0.1) is 6.54 Å². The second-order valence-electron chi connectivity index (χ2n) is 8.11. The van der Waals surface area contributed by atoms with Crippen molar-refractivity contribution in [3.05, 3.63) is 18.2 Å². The standard InChI is InChI=1S/C22H35N5O2S/c23-8-14-30-15-9-24-22(25-18-6-7-20-21(16-18)29-17-28-20)27-12-10-26(11-13-27)19-4-2-1-3-5-19/h6-7,16,19H,1-5,8-15,17,23H2,(H,24,25). The van der Waals surface area contributed by atoms with Crippen LogP contribution in [0.4, 0.5) is 5.69 Å². The SMILES string of the molecule is NCCSCCN=C(Nc1ccc2c(c1)OCO2)N1CCN(C2CCCCC2)CC1. The molecular weight excluding hydrogens is 398 g/mol. The van der Waals surface area contributed by atoms with Crippen LogP contribution < -0.4 is 20.5 Å². The molecule has 1 saturated carbocycles. The van der Waals surface area contributed by atoms with E-state index in [1.807, 2.05) is 30.0 Å². The number of nitrogens with zero attached hydrogens (tertiary/aromatic N) is 3. The minimum absolute atomic E-state index is 0.293. The molecule has 0 bridgehead atoms. The van der Waals surface area contributed by atoms with Crippen LogP contribution in [-0.4, -0.2) is 79.4 Å². The van der Waals surface area contributed by atoms with Gasteiger partial charge in [0.25, 0.3) is 0 Å². The highest BCUT2D eigenvalue weighted by molar-refractivity contribution is 7.99. The van der Waals surface area contributed by atoms with Crippen LogP contribution in [0.2, 0.25) is 0 Å². The fourth-order valence-electron chi connectivity index (χ4n) is 4.47. The lowest BCUT2D eigenvalue weighted by molar-refractivity contribution is 0.107. The van der Waals surface area contributed by atoms with Crippen molar-refractivity contribution in [3.8, 4) is 11.5 Å². The molecule has 0 unspecified atom stereocenters. The molecule has 4 rings (SSSR count). The number of guanidine groups is 1. The fraction of sp³-hybridized carbons (Fsp3) is 0.682. The first-order valence-electron chi connectivity index (χ1n) is 11.3. The van der Waals surface area contributed by atoms with Crippen molar-refractivity contribution in [1.82, 2.24) is 9.80 Å². The lowest BCUT2D eigenvalue weighted by atomic mass is 9.94. The van der Waals surface area contributed by atoms with Crippen molar-refractivity contribution in [2.45, 2.75) is 38.1 Å². The zero-order valence-electron chi connectivity index (χ0n) is 17.9. The molecule has 1 saturated heterocycles. The number of hydrogen-bond donors (Lipinski definition) is 2. The lowest BCUT2D eigenvalue weighted by Crippen LogP contribution is -2.53. The third kappa shape index (κ3) is 5.74. The molecule has 1 aromatic carbocycles. The highest BCUT2D eigenvalue weighted by Crippen LogP contribution is 2.34. The van der Waals surface area contributed by atoms with Gasteiger partial charge in [-0.1, -0.05) is 19.3 Å². The molecule has 2 fully saturated rings. The molecule has 8 heteroatoms. The zero-order chi connectivity index (χ0) is 20.6. The van der Waals surface area contributed by atoms with Crippen molar-refractivity contribution in [2.75, 3.05) is 62.9 Å². The van der Waals surface area contributed by atoms with Gasteiger partial charge in [0, 0.05) is 62.0 Å². The van der Waals surface area contributed by atoms with Crippen LogP contribution in [-0.2, 0) is 0 Å². The van der Waals surface area contributed by atoms with E-state index in [1.54, 1.807) is 0 Å². The third-order valence-corrected chi connectivity index (χ3v) is 7.09. The molecule has 0 amide bonds. The normalized spacial score (nSPS) is 20.6. The van der Waals surface area contributed by atoms with Crippen LogP contribution in [0.1, 0.15) is 32.1 Å². The molecule has 7 nitrogen and oxygen atoms in total.